The van der Waals surface area contributed by atoms with E-state index >= 15 is 0 Å². The topological polar surface area (TPSA) is 42.7 Å². The van der Waals surface area contributed by atoms with Crippen LogP contribution in [0.5, 0.6) is 0 Å². The van der Waals surface area contributed by atoms with Crippen LogP contribution in [0.25, 0.3) is 28.2 Å². The van der Waals surface area contributed by atoms with Crippen molar-refractivity contribution in [2.75, 3.05) is 11.9 Å². The largest absolute Gasteiger partial charge is 0.433 e. The predicted octanol–water partition coefficient (Wildman–Crippen LogP) is 5.21. The van der Waals surface area contributed by atoms with Crippen molar-refractivity contribution in [2.24, 2.45) is 0 Å². The highest BCUT2D eigenvalue weighted by Crippen LogP contribution is 2.34. The van der Waals surface area contributed by atoms with Crippen molar-refractivity contribution >= 4 is 16.9 Å². The zero-order valence-corrected chi connectivity index (χ0v) is 15.0. The van der Waals surface area contributed by atoms with Gasteiger partial charge >= 0.3 is 6.18 Å². The maximum absolute atomic E-state index is 13.4. The van der Waals surface area contributed by atoms with Crippen molar-refractivity contribution in [2.45, 2.75) is 12.6 Å². The maximum Gasteiger partial charge on any atom is 0.433 e. The number of halogens is 4. The SMILES string of the molecule is Fc1ccc(-c2nc3ccc(C(F)(F)F)nc3n2-c2ccc3c(c2)CCN3)cc1. The van der Waals surface area contributed by atoms with Gasteiger partial charge < -0.3 is 5.32 Å². The van der Waals surface area contributed by atoms with Gasteiger partial charge in [-0.05, 0) is 66.6 Å². The Kier molecular flexibility index (Phi) is 3.84. The second-order valence-electron chi connectivity index (χ2n) is 6.83. The van der Waals surface area contributed by atoms with E-state index in [-0.39, 0.29) is 5.65 Å². The first kappa shape index (κ1) is 17.7. The number of imidazole rings is 1. The van der Waals surface area contributed by atoms with E-state index in [2.05, 4.69) is 15.3 Å². The number of fused-ring (bicyclic) bond motifs is 2. The normalized spacial score (nSPS) is 13.5. The molecule has 0 radical (unpaired) electrons. The molecule has 2 aromatic heterocycles. The lowest BCUT2D eigenvalue weighted by atomic mass is 10.1. The standard InChI is InChI=1S/C21H14F4N4/c22-14-3-1-12(2-4-14)19-27-17-7-8-18(21(23,24)25)28-20(17)29(19)15-5-6-16-13(11-15)9-10-26-16/h1-8,11,26H,9-10H2. The molecule has 146 valence electrons. The van der Waals surface area contributed by atoms with Gasteiger partial charge in [0.25, 0.3) is 0 Å². The second kappa shape index (κ2) is 6.30. The summed E-state index contributed by atoms with van der Waals surface area (Å²) in [5.74, 6) is -0.00442. The first-order valence-corrected chi connectivity index (χ1v) is 9.00. The Morgan fingerprint density at radius 3 is 2.48 bits per heavy atom. The van der Waals surface area contributed by atoms with Gasteiger partial charge in [-0.1, -0.05) is 0 Å². The van der Waals surface area contributed by atoms with Crippen LogP contribution in [0.1, 0.15) is 11.3 Å². The number of pyridine rings is 1. The van der Waals surface area contributed by atoms with Crippen molar-refractivity contribution in [3.63, 3.8) is 0 Å². The monoisotopic (exact) mass is 398 g/mol. The van der Waals surface area contributed by atoms with E-state index in [0.29, 0.717) is 22.6 Å². The van der Waals surface area contributed by atoms with Crippen LogP contribution in [0.15, 0.2) is 54.6 Å². The molecule has 0 spiro atoms. The number of aromatic nitrogens is 3. The van der Waals surface area contributed by atoms with Crippen molar-refractivity contribution < 1.29 is 17.6 Å². The first-order chi connectivity index (χ1) is 13.9. The fraction of sp³-hybridized carbons (Fsp3) is 0.143. The van der Waals surface area contributed by atoms with Gasteiger partial charge in [-0.15, -0.1) is 0 Å². The zero-order valence-electron chi connectivity index (χ0n) is 15.0. The number of hydrogen-bond acceptors (Lipinski definition) is 3. The predicted molar refractivity (Wildman–Crippen MR) is 101 cm³/mol. The zero-order chi connectivity index (χ0) is 20.2. The molecule has 1 N–H and O–H groups in total. The van der Waals surface area contributed by atoms with E-state index < -0.39 is 17.7 Å². The van der Waals surface area contributed by atoms with E-state index in [4.69, 9.17) is 0 Å². The van der Waals surface area contributed by atoms with Crippen LogP contribution in [0.4, 0.5) is 23.2 Å². The lowest BCUT2D eigenvalue weighted by Gasteiger charge is -2.12. The summed E-state index contributed by atoms with van der Waals surface area (Å²) in [6.07, 6.45) is -3.75. The Balaban J connectivity index is 1.79. The lowest BCUT2D eigenvalue weighted by molar-refractivity contribution is -0.141. The molecule has 3 heterocycles. The minimum Gasteiger partial charge on any atom is -0.384 e. The van der Waals surface area contributed by atoms with Crippen LogP contribution in [-0.4, -0.2) is 21.1 Å². The summed E-state index contributed by atoms with van der Waals surface area (Å²) in [6.45, 7) is 0.810. The highest BCUT2D eigenvalue weighted by atomic mass is 19.4. The minimum absolute atomic E-state index is 0.102. The molecule has 4 aromatic rings. The number of benzene rings is 2. The van der Waals surface area contributed by atoms with Crippen LogP contribution in [0, 0.1) is 5.82 Å². The number of alkyl halides is 3. The number of rotatable bonds is 2. The van der Waals surface area contributed by atoms with Crippen LogP contribution in [-0.2, 0) is 12.6 Å². The van der Waals surface area contributed by atoms with Gasteiger partial charge in [0, 0.05) is 23.5 Å². The molecule has 1 aliphatic heterocycles. The van der Waals surface area contributed by atoms with Crippen molar-refractivity contribution in [1.29, 1.82) is 0 Å². The van der Waals surface area contributed by atoms with Crippen molar-refractivity contribution in [1.82, 2.24) is 14.5 Å². The lowest BCUT2D eigenvalue weighted by Crippen LogP contribution is -2.09. The minimum atomic E-state index is -4.57. The van der Waals surface area contributed by atoms with Crippen LogP contribution >= 0.6 is 0 Å². The molecule has 0 amide bonds. The third-order valence-corrected chi connectivity index (χ3v) is 4.95. The Hall–Kier alpha value is -3.42. The number of nitrogens with one attached hydrogen (secondary N) is 1. The van der Waals surface area contributed by atoms with Gasteiger partial charge in [0.1, 0.15) is 22.9 Å². The number of anilines is 1. The van der Waals surface area contributed by atoms with Gasteiger partial charge in [0.2, 0.25) is 0 Å². The van der Waals surface area contributed by atoms with E-state index in [1.54, 1.807) is 16.7 Å². The Morgan fingerprint density at radius 1 is 0.931 bits per heavy atom. The van der Waals surface area contributed by atoms with Gasteiger partial charge in [0.15, 0.2) is 5.65 Å². The molecular weight excluding hydrogens is 384 g/mol. The van der Waals surface area contributed by atoms with E-state index in [1.807, 2.05) is 18.2 Å². The third kappa shape index (κ3) is 3.00. The molecule has 5 rings (SSSR count). The molecule has 29 heavy (non-hydrogen) atoms. The van der Waals surface area contributed by atoms with Crippen LogP contribution in [0.3, 0.4) is 0 Å². The number of hydrogen-bond donors (Lipinski definition) is 1. The summed E-state index contributed by atoms with van der Waals surface area (Å²) in [6, 6.07) is 13.5. The highest BCUT2D eigenvalue weighted by Gasteiger charge is 2.33. The van der Waals surface area contributed by atoms with Gasteiger partial charge in [-0.25, -0.2) is 14.4 Å². The van der Waals surface area contributed by atoms with E-state index in [0.717, 1.165) is 30.3 Å². The summed E-state index contributed by atoms with van der Waals surface area (Å²) >= 11 is 0. The summed E-state index contributed by atoms with van der Waals surface area (Å²) in [5, 5.41) is 3.26. The molecule has 0 unspecified atom stereocenters. The van der Waals surface area contributed by atoms with Crippen molar-refractivity contribution in [3.8, 4) is 17.1 Å². The number of nitrogens with zero attached hydrogens (tertiary/aromatic N) is 3. The Bertz CT molecular complexity index is 1230. The Labute approximate surface area is 162 Å². The molecule has 4 nitrogen and oxygen atoms in total. The van der Waals surface area contributed by atoms with E-state index in [9.17, 15) is 17.6 Å². The van der Waals surface area contributed by atoms with Gasteiger partial charge in [0.05, 0.1) is 0 Å². The van der Waals surface area contributed by atoms with E-state index in [1.165, 1.54) is 18.2 Å². The molecular formula is C21H14F4N4. The molecule has 0 saturated carbocycles. The van der Waals surface area contributed by atoms with Gasteiger partial charge in [-0.3, -0.25) is 4.57 Å². The average molecular weight is 398 g/mol. The van der Waals surface area contributed by atoms with Crippen molar-refractivity contribution in [3.05, 3.63) is 71.7 Å². The summed E-state index contributed by atoms with van der Waals surface area (Å²) < 4.78 is 54.8. The fourth-order valence-corrected chi connectivity index (χ4v) is 3.58. The Morgan fingerprint density at radius 2 is 1.72 bits per heavy atom. The molecule has 2 aromatic carbocycles. The summed E-state index contributed by atoms with van der Waals surface area (Å²) in [5.41, 5.74) is 2.75. The van der Waals surface area contributed by atoms with Gasteiger partial charge in [-0.2, -0.15) is 13.2 Å². The fourth-order valence-electron chi connectivity index (χ4n) is 3.58. The van der Waals surface area contributed by atoms with Crippen LogP contribution < -0.4 is 5.32 Å². The molecule has 0 bridgehead atoms. The first-order valence-electron chi connectivity index (χ1n) is 9.00. The molecule has 0 aliphatic carbocycles. The molecule has 0 saturated heterocycles. The summed E-state index contributed by atoms with van der Waals surface area (Å²) in [4.78, 5) is 8.37. The smallest absolute Gasteiger partial charge is 0.384 e. The van der Waals surface area contributed by atoms with Crippen LogP contribution in [0.2, 0.25) is 0 Å². The third-order valence-electron chi connectivity index (χ3n) is 4.95. The quantitative estimate of drug-likeness (QED) is 0.471. The molecule has 8 heteroatoms. The second-order valence-corrected chi connectivity index (χ2v) is 6.83. The average Bonchev–Trinajstić information content (AvgIpc) is 3.31. The summed E-state index contributed by atoms with van der Waals surface area (Å²) in [7, 11) is 0. The highest BCUT2D eigenvalue weighted by molar-refractivity contribution is 5.80. The molecule has 0 fully saturated rings. The maximum atomic E-state index is 13.4. The molecule has 1 aliphatic rings. The molecule has 0 atom stereocenters.